The number of carbonyl (C=O) groups is 1. The van der Waals surface area contributed by atoms with E-state index in [-0.39, 0.29) is 21.8 Å². The molecule has 26 heavy (non-hydrogen) atoms. The number of nitrogens with zero attached hydrogens (tertiary/aromatic N) is 2. The van der Waals surface area contributed by atoms with Crippen LogP contribution in [0.4, 0.5) is 11.4 Å². The summed E-state index contributed by atoms with van der Waals surface area (Å²) in [7, 11) is -1.51. The summed E-state index contributed by atoms with van der Waals surface area (Å²) in [6, 6.07) is 8.21. The fraction of sp³-hybridized carbons (Fsp3) is 0.235. The molecule has 0 unspecified atom stereocenters. The van der Waals surface area contributed by atoms with Crippen LogP contribution in [0.5, 0.6) is 0 Å². The SMILES string of the molecule is COC(=O)c1ccc(C)c(N(C)S(=O)(=O)c2cc([N+](=O)[O-])ccc2C)c1. The van der Waals surface area contributed by atoms with Crippen molar-refractivity contribution in [1.82, 2.24) is 0 Å². The third kappa shape index (κ3) is 3.52. The lowest BCUT2D eigenvalue weighted by Crippen LogP contribution is -2.28. The number of hydrogen-bond acceptors (Lipinski definition) is 6. The number of carbonyl (C=O) groups excluding carboxylic acids is 1. The van der Waals surface area contributed by atoms with Crippen LogP contribution in [0.25, 0.3) is 0 Å². The maximum absolute atomic E-state index is 13.0. The van der Waals surface area contributed by atoms with Gasteiger partial charge in [0.2, 0.25) is 0 Å². The Hall–Kier alpha value is -2.94. The van der Waals surface area contributed by atoms with Gasteiger partial charge in [0.1, 0.15) is 0 Å². The van der Waals surface area contributed by atoms with E-state index in [9.17, 15) is 23.3 Å². The number of ether oxygens (including phenoxy) is 1. The zero-order valence-electron chi connectivity index (χ0n) is 14.7. The zero-order chi connectivity index (χ0) is 19.6. The number of non-ortho nitro benzene ring substituents is 1. The lowest BCUT2D eigenvalue weighted by molar-refractivity contribution is -0.385. The summed E-state index contributed by atoms with van der Waals surface area (Å²) in [6.45, 7) is 3.25. The van der Waals surface area contributed by atoms with Crippen LogP contribution in [-0.2, 0) is 14.8 Å². The van der Waals surface area contributed by atoms with Crippen molar-refractivity contribution in [3.63, 3.8) is 0 Å². The molecule has 0 aliphatic heterocycles. The molecule has 0 spiro atoms. The van der Waals surface area contributed by atoms with E-state index in [1.54, 1.807) is 19.9 Å². The maximum atomic E-state index is 13.0. The quantitative estimate of drug-likeness (QED) is 0.450. The smallest absolute Gasteiger partial charge is 0.337 e. The van der Waals surface area contributed by atoms with Gasteiger partial charge in [0.25, 0.3) is 15.7 Å². The van der Waals surface area contributed by atoms with Gasteiger partial charge < -0.3 is 4.74 Å². The number of nitro benzene ring substituents is 1. The summed E-state index contributed by atoms with van der Waals surface area (Å²) < 4.78 is 31.7. The Morgan fingerprint density at radius 3 is 2.31 bits per heavy atom. The van der Waals surface area contributed by atoms with Crippen molar-refractivity contribution in [2.45, 2.75) is 18.7 Å². The molecule has 2 aromatic rings. The molecule has 138 valence electrons. The predicted octanol–water partition coefficient (Wildman–Crippen LogP) is 2.82. The van der Waals surface area contributed by atoms with Crippen LogP contribution in [0.3, 0.4) is 0 Å². The van der Waals surface area contributed by atoms with Gasteiger partial charge in [-0.3, -0.25) is 14.4 Å². The Bertz CT molecular complexity index is 985. The van der Waals surface area contributed by atoms with E-state index >= 15 is 0 Å². The molecule has 0 fully saturated rings. The van der Waals surface area contributed by atoms with Crippen LogP contribution in [0.1, 0.15) is 21.5 Å². The summed E-state index contributed by atoms with van der Waals surface area (Å²) >= 11 is 0. The molecule has 0 saturated carbocycles. The average molecular weight is 378 g/mol. The highest BCUT2D eigenvalue weighted by molar-refractivity contribution is 7.92. The standard InChI is InChI=1S/C17H18N2O6S/c1-11-5-7-13(17(20)25-4)9-15(11)18(3)26(23,24)16-10-14(19(21)22)8-6-12(16)2/h5-10H,1-4H3. The van der Waals surface area contributed by atoms with Crippen LogP contribution in [0, 0.1) is 24.0 Å². The number of anilines is 1. The fourth-order valence-corrected chi connectivity index (χ4v) is 3.95. The highest BCUT2D eigenvalue weighted by Crippen LogP contribution is 2.30. The van der Waals surface area contributed by atoms with E-state index in [0.29, 0.717) is 11.1 Å². The van der Waals surface area contributed by atoms with Gasteiger partial charge in [-0.1, -0.05) is 12.1 Å². The first kappa shape index (κ1) is 19.4. The molecule has 8 nitrogen and oxygen atoms in total. The number of nitro groups is 1. The summed E-state index contributed by atoms with van der Waals surface area (Å²) in [6.07, 6.45) is 0. The molecule has 2 aromatic carbocycles. The molecule has 9 heteroatoms. The summed E-state index contributed by atoms with van der Waals surface area (Å²) in [5.74, 6) is -0.594. The molecule has 0 aromatic heterocycles. The molecular weight excluding hydrogens is 360 g/mol. The minimum absolute atomic E-state index is 0.169. The lowest BCUT2D eigenvalue weighted by atomic mass is 10.1. The van der Waals surface area contributed by atoms with Crippen LogP contribution in [0.2, 0.25) is 0 Å². The van der Waals surface area contributed by atoms with E-state index in [2.05, 4.69) is 4.74 Å². The molecular formula is C17H18N2O6S. The van der Waals surface area contributed by atoms with Gasteiger partial charge in [0, 0.05) is 19.2 Å². The first-order valence-electron chi connectivity index (χ1n) is 7.52. The average Bonchev–Trinajstić information content (AvgIpc) is 2.60. The first-order chi connectivity index (χ1) is 12.1. The number of aryl methyl sites for hydroxylation is 2. The van der Waals surface area contributed by atoms with E-state index in [4.69, 9.17) is 0 Å². The number of hydrogen-bond donors (Lipinski definition) is 0. The molecule has 0 aliphatic rings. The van der Waals surface area contributed by atoms with Gasteiger partial charge in [-0.2, -0.15) is 0 Å². The Morgan fingerprint density at radius 2 is 1.73 bits per heavy atom. The molecule has 0 aliphatic carbocycles. The van der Waals surface area contributed by atoms with Crippen molar-refractivity contribution >= 4 is 27.4 Å². The normalized spacial score (nSPS) is 11.1. The molecule has 0 heterocycles. The van der Waals surface area contributed by atoms with Crippen molar-refractivity contribution in [3.8, 4) is 0 Å². The largest absolute Gasteiger partial charge is 0.465 e. The molecule has 0 saturated heterocycles. The van der Waals surface area contributed by atoms with Gasteiger partial charge in [-0.15, -0.1) is 0 Å². The predicted molar refractivity (Wildman–Crippen MR) is 95.9 cm³/mol. The van der Waals surface area contributed by atoms with Crippen molar-refractivity contribution in [2.24, 2.45) is 0 Å². The Labute approximate surface area is 151 Å². The number of benzene rings is 2. The highest BCUT2D eigenvalue weighted by Gasteiger charge is 2.27. The number of methoxy groups -OCH3 is 1. The number of rotatable bonds is 5. The summed E-state index contributed by atoms with van der Waals surface area (Å²) in [5.41, 5.74) is 1.16. The minimum atomic E-state index is -4.07. The number of esters is 1. The van der Waals surface area contributed by atoms with Gasteiger partial charge in [-0.25, -0.2) is 13.2 Å². The number of sulfonamides is 1. The van der Waals surface area contributed by atoms with Gasteiger partial charge in [0.15, 0.2) is 0 Å². The Kier molecular flexibility index (Phi) is 5.31. The van der Waals surface area contributed by atoms with E-state index in [1.165, 1.54) is 38.4 Å². The van der Waals surface area contributed by atoms with E-state index in [1.807, 2.05) is 0 Å². The molecule has 0 bridgehead atoms. The second kappa shape index (κ2) is 7.12. The maximum Gasteiger partial charge on any atom is 0.337 e. The molecule has 2 rings (SSSR count). The van der Waals surface area contributed by atoms with Crippen molar-refractivity contribution in [3.05, 3.63) is 63.2 Å². The zero-order valence-corrected chi connectivity index (χ0v) is 15.5. The lowest BCUT2D eigenvalue weighted by Gasteiger charge is -2.22. The van der Waals surface area contributed by atoms with Crippen LogP contribution >= 0.6 is 0 Å². The Balaban J connectivity index is 2.59. The van der Waals surface area contributed by atoms with Gasteiger partial charge in [0.05, 0.1) is 28.2 Å². The van der Waals surface area contributed by atoms with Crippen LogP contribution < -0.4 is 4.31 Å². The van der Waals surface area contributed by atoms with Crippen LogP contribution in [-0.4, -0.2) is 33.5 Å². The monoisotopic (exact) mass is 378 g/mol. The van der Waals surface area contributed by atoms with Crippen molar-refractivity contribution in [2.75, 3.05) is 18.5 Å². The fourth-order valence-electron chi connectivity index (χ4n) is 2.45. The van der Waals surface area contributed by atoms with E-state index < -0.39 is 20.9 Å². The van der Waals surface area contributed by atoms with Crippen molar-refractivity contribution in [1.29, 1.82) is 0 Å². The third-order valence-electron chi connectivity index (χ3n) is 3.99. The van der Waals surface area contributed by atoms with Crippen LogP contribution in [0.15, 0.2) is 41.3 Å². The van der Waals surface area contributed by atoms with Gasteiger partial charge >= 0.3 is 5.97 Å². The first-order valence-corrected chi connectivity index (χ1v) is 8.96. The molecule has 0 amide bonds. The molecule has 0 radical (unpaired) electrons. The molecule has 0 atom stereocenters. The third-order valence-corrected chi connectivity index (χ3v) is 5.90. The second-order valence-electron chi connectivity index (χ2n) is 5.67. The minimum Gasteiger partial charge on any atom is -0.465 e. The highest BCUT2D eigenvalue weighted by atomic mass is 32.2. The van der Waals surface area contributed by atoms with Gasteiger partial charge in [-0.05, 0) is 37.1 Å². The summed E-state index contributed by atoms with van der Waals surface area (Å²) in [5, 5.41) is 11.0. The van der Waals surface area contributed by atoms with E-state index in [0.717, 1.165) is 10.4 Å². The summed E-state index contributed by atoms with van der Waals surface area (Å²) in [4.78, 5) is 21.9. The van der Waals surface area contributed by atoms with Crippen molar-refractivity contribution < 1.29 is 22.9 Å². The topological polar surface area (TPSA) is 107 Å². The second-order valence-corrected chi connectivity index (χ2v) is 7.61. The Morgan fingerprint density at radius 1 is 1.12 bits per heavy atom. The molecule has 0 N–H and O–H groups in total.